The van der Waals surface area contributed by atoms with Crippen molar-refractivity contribution in [1.82, 2.24) is 0 Å². The zero-order chi connectivity index (χ0) is 10.9. The molecular formula is C12H15BrOS. The SMILES string of the molecule is CC1(C(=O)Cc2ccsc2Br)CCCC1. The van der Waals surface area contributed by atoms with Crippen LogP contribution in [0.5, 0.6) is 0 Å². The number of Topliss-reactive ketones (excluding diaryl/α,β-unsaturated/α-hetero) is 1. The lowest BCUT2D eigenvalue weighted by Crippen LogP contribution is -2.25. The third kappa shape index (κ3) is 2.34. The van der Waals surface area contributed by atoms with Crippen LogP contribution in [0.4, 0.5) is 0 Å². The van der Waals surface area contributed by atoms with Crippen LogP contribution >= 0.6 is 27.3 Å². The zero-order valence-electron chi connectivity index (χ0n) is 8.88. The second-order valence-corrected chi connectivity index (χ2v) is 6.82. The monoisotopic (exact) mass is 286 g/mol. The molecule has 0 radical (unpaired) electrons. The summed E-state index contributed by atoms with van der Waals surface area (Å²) >= 11 is 5.14. The van der Waals surface area contributed by atoms with Crippen molar-refractivity contribution in [2.45, 2.75) is 39.0 Å². The summed E-state index contributed by atoms with van der Waals surface area (Å²) in [5, 5.41) is 2.03. The maximum atomic E-state index is 12.2. The molecule has 0 spiro atoms. The lowest BCUT2D eigenvalue weighted by atomic mass is 9.82. The van der Waals surface area contributed by atoms with E-state index < -0.39 is 0 Å². The number of hydrogen-bond acceptors (Lipinski definition) is 2. The average molecular weight is 287 g/mol. The molecule has 0 aliphatic heterocycles. The first-order valence-corrected chi connectivity index (χ1v) is 7.04. The maximum absolute atomic E-state index is 12.2. The van der Waals surface area contributed by atoms with Gasteiger partial charge in [-0.05, 0) is 45.8 Å². The van der Waals surface area contributed by atoms with Gasteiger partial charge in [0, 0.05) is 11.8 Å². The van der Waals surface area contributed by atoms with Gasteiger partial charge in [-0.3, -0.25) is 4.79 Å². The molecule has 1 aromatic heterocycles. The highest BCUT2D eigenvalue weighted by Gasteiger charge is 2.35. The van der Waals surface area contributed by atoms with Crippen molar-refractivity contribution in [2.75, 3.05) is 0 Å². The van der Waals surface area contributed by atoms with E-state index in [-0.39, 0.29) is 5.41 Å². The Kier molecular flexibility index (Phi) is 3.31. The number of hydrogen-bond donors (Lipinski definition) is 0. The number of halogens is 1. The lowest BCUT2D eigenvalue weighted by molar-refractivity contribution is -0.126. The predicted octanol–water partition coefficient (Wildman–Crippen LogP) is 4.20. The number of thiophene rings is 1. The molecule has 0 aromatic carbocycles. The van der Waals surface area contributed by atoms with Gasteiger partial charge in [0.15, 0.2) is 0 Å². The van der Waals surface area contributed by atoms with Gasteiger partial charge in [0.05, 0.1) is 3.79 Å². The Morgan fingerprint density at radius 1 is 1.53 bits per heavy atom. The summed E-state index contributed by atoms with van der Waals surface area (Å²) in [6, 6.07) is 2.05. The van der Waals surface area contributed by atoms with Crippen molar-refractivity contribution in [2.24, 2.45) is 5.41 Å². The molecule has 1 heterocycles. The molecule has 1 aromatic rings. The third-order valence-corrected chi connectivity index (χ3v) is 5.24. The number of carbonyl (C=O) groups excluding carboxylic acids is 1. The normalized spacial score (nSPS) is 19.3. The molecule has 1 fully saturated rings. The summed E-state index contributed by atoms with van der Waals surface area (Å²) in [4.78, 5) is 12.2. The van der Waals surface area contributed by atoms with Gasteiger partial charge in [0.25, 0.3) is 0 Å². The van der Waals surface area contributed by atoms with E-state index in [0.29, 0.717) is 12.2 Å². The van der Waals surface area contributed by atoms with Gasteiger partial charge in [0.2, 0.25) is 0 Å². The molecule has 1 nitrogen and oxygen atoms in total. The van der Waals surface area contributed by atoms with Gasteiger partial charge in [-0.2, -0.15) is 0 Å². The fourth-order valence-corrected chi connectivity index (χ4v) is 3.51. The summed E-state index contributed by atoms with van der Waals surface area (Å²) in [6.45, 7) is 2.13. The van der Waals surface area contributed by atoms with Gasteiger partial charge in [0.1, 0.15) is 5.78 Å². The van der Waals surface area contributed by atoms with Crippen LogP contribution < -0.4 is 0 Å². The Morgan fingerprint density at radius 2 is 2.20 bits per heavy atom. The highest BCUT2D eigenvalue weighted by atomic mass is 79.9. The molecular weight excluding hydrogens is 272 g/mol. The van der Waals surface area contributed by atoms with Crippen LogP contribution in [0, 0.1) is 5.41 Å². The van der Waals surface area contributed by atoms with Gasteiger partial charge in [-0.25, -0.2) is 0 Å². The fraction of sp³-hybridized carbons (Fsp3) is 0.583. The van der Waals surface area contributed by atoms with Gasteiger partial charge < -0.3 is 0 Å². The third-order valence-electron chi connectivity index (χ3n) is 3.42. The molecule has 2 rings (SSSR count). The van der Waals surface area contributed by atoms with E-state index in [2.05, 4.69) is 22.9 Å². The molecule has 82 valence electrons. The molecule has 1 aliphatic rings. The van der Waals surface area contributed by atoms with Crippen LogP contribution in [-0.4, -0.2) is 5.78 Å². The number of rotatable bonds is 3. The van der Waals surface area contributed by atoms with Crippen LogP contribution in [0.3, 0.4) is 0 Å². The molecule has 0 amide bonds. The van der Waals surface area contributed by atoms with Crippen LogP contribution in [0.2, 0.25) is 0 Å². The number of carbonyl (C=O) groups is 1. The van der Waals surface area contributed by atoms with Crippen LogP contribution in [0.1, 0.15) is 38.2 Å². The van der Waals surface area contributed by atoms with E-state index in [4.69, 9.17) is 0 Å². The fourth-order valence-electron chi connectivity index (χ4n) is 2.27. The van der Waals surface area contributed by atoms with E-state index in [1.165, 1.54) is 12.8 Å². The predicted molar refractivity (Wildman–Crippen MR) is 67.3 cm³/mol. The minimum absolute atomic E-state index is 0.0403. The second kappa shape index (κ2) is 4.38. The van der Waals surface area contributed by atoms with E-state index in [0.717, 1.165) is 22.2 Å². The van der Waals surface area contributed by atoms with Crippen LogP contribution in [-0.2, 0) is 11.2 Å². The van der Waals surface area contributed by atoms with Crippen LogP contribution in [0.25, 0.3) is 0 Å². The molecule has 0 atom stereocenters. The van der Waals surface area contributed by atoms with E-state index in [1.807, 2.05) is 11.4 Å². The smallest absolute Gasteiger partial charge is 0.143 e. The van der Waals surface area contributed by atoms with Gasteiger partial charge in [-0.15, -0.1) is 11.3 Å². The van der Waals surface area contributed by atoms with Crippen molar-refractivity contribution in [3.63, 3.8) is 0 Å². The minimum Gasteiger partial charge on any atom is -0.299 e. The Hall–Kier alpha value is -0.150. The largest absolute Gasteiger partial charge is 0.299 e. The van der Waals surface area contributed by atoms with Crippen molar-refractivity contribution in [1.29, 1.82) is 0 Å². The highest BCUT2D eigenvalue weighted by molar-refractivity contribution is 9.11. The molecule has 15 heavy (non-hydrogen) atoms. The summed E-state index contributed by atoms with van der Waals surface area (Å²) in [5.41, 5.74) is 1.11. The Labute approximate surface area is 103 Å². The minimum atomic E-state index is -0.0403. The first kappa shape index (κ1) is 11.3. The van der Waals surface area contributed by atoms with Crippen molar-refractivity contribution < 1.29 is 4.79 Å². The number of ketones is 1. The summed E-state index contributed by atoms with van der Waals surface area (Å²) in [5.74, 6) is 0.416. The average Bonchev–Trinajstić information content (AvgIpc) is 2.78. The topological polar surface area (TPSA) is 17.1 Å². The Balaban J connectivity index is 2.07. The summed E-state index contributed by atoms with van der Waals surface area (Å²) < 4.78 is 1.11. The zero-order valence-corrected chi connectivity index (χ0v) is 11.3. The van der Waals surface area contributed by atoms with E-state index in [9.17, 15) is 4.79 Å². The molecule has 0 bridgehead atoms. The first-order chi connectivity index (χ1) is 7.12. The van der Waals surface area contributed by atoms with E-state index in [1.54, 1.807) is 11.3 Å². The molecule has 0 unspecified atom stereocenters. The van der Waals surface area contributed by atoms with Gasteiger partial charge >= 0.3 is 0 Å². The quantitative estimate of drug-likeness (QED) is 0.814. The van der Waals surface area contributed by atoms with Crippen molar-refractivity contribution >= 4 is 33.0 Å². The maximum Gasteiger partial charge on any atom is 0.143 e. The van der Waals surface area contributed by atoms with Crippen molar-refractivity contribution in [3.8, 4) is 0 Å². The molecule has 0 N–H and O–H groups in total. The standard InChI is InChI=1S/C12H15BrOS/c1-12(5-2-3-6-12)10(14)8-9-4-7-15-11(9)13/h4,7H,2-3,5-6,8H2,1H3. The van der Waals surface area contributed by atoms with Crippen molar-refractivity contribution in [3.05, 3.63) is 20.8 Å². The Bertz CT molecular complexity index is 363. The second-order valence-electron chi connectivity index (χ2n) is 4.59. The van der Waals surface area contributed by atoms with Crippen LogP contribution in [0.15, 0.2) is 15.2 Å². The molecule has 1 saturated carbocycles. The molecule has 1 aliphatic carbocycles. The molecule has 0 saturated heterocycles. The highest BCUT2D eigenvalue weighted by Crippen LogP contribution is 2.39. The van der Waals surface area contributed by atoms with E-state index >= 15 is 0 Å². The summed E-state index contributed by atoms with van der Waals surface area (Å²) in [7, 11) is 0. The summed E-state index contributed by atoms with van der Waals surface area (Å²) in [6.07, 6.45) is 5.18. The first-order valence-electron chi connectivity index (χ1n) is 5.37. The molecule has 3 heteroatoms. The van der Waals surface area contributed by atoms with Gasteiger partial charge in [-0.1, -0.05) is 19.8 Å². The lowest BCUT2D eigenvalue weighted by Gasteiger charge is -2.21. The Morgan fingerprint density at radius 3 is 2.73 bits per heavy atom.